The molecule has 0 aromatic heterocycles. The normalized spacial score (nSPS) is 13.1. The highest BCUT2D eigenvalue weighted by Gasteiger charge is 2.14. The molecule has 4 nitrogen and oxygen atoms in total. The molecule has 0 amide bonds. The van der Waals surface area contributed by atoms with Crippen molar-refractivity contribution < 1.29 is 8.42 Å². The minimum atomic E-state index is -3.18. The maximum absolute atomic E-state index is 11.5. The van der Waals surface area contributed by atoms with Crippen LogP contribution in [0.3, 0.4) is 0 Å². The maximum Gasteiger partial charge on any atom is 0.175 e. The first-order valence-electron chi connectivity index (χ1n) is 6.41. The molecule has 0 heterocycles. The number of sulfone groups is 1. The molecule has 0 aliphatic heterocycles. The number of hydrazine groups is 1. The van der Waals surface area contributed by atoms with E-state index in [1.54, 1.807) is 24.3 Å². The number of rotatable bonds is 5. The van der Waals surface area contributed by atoms with Crippen LogP contribution in [0.4, 0.5) is 0 Å². The Kier molecular flexibility index (Phi) is 5.16. The quantitative estimate of drug-likeness (QED) is 0.628. The topological polar surface area (TPSA) is 72.2 Å². The molecule has 0 radical (unpaired) electrons. The van der Waals surface area contributed by atoms with Gasteiger partial charge in [-0.25, -0.2) is 8.42 Å². The van der Waals surface area contributed by atoms with E-state index < -0.39 is 9.84 Å². The van der Waals surface area contributed by atoms with Crippen LogP contribution in [0.25, 0.3) is 0 Å². The molecule has 2 aromatic carbocycles. The van der Waals surface area contributed by atoms with Gasteiger partial charge in [0.2, 0.25) is 0 Å². The van der Waals surface area contributed by atoms with Gasteiger partial charge in [0.1, 0.15) is 0 Å². The molecule has 1 unspecified atom stereocenters. The van der Waals surface area contributed by atoms with Crippen molar-refractivity contribution in [2.24, 2.45) is 5.84 Å². The zero-order valence-corrected chi connectivity index (χ0v) is 14.0. The smallest absolute Gasteiger partial charge is 0.175 e. The summed E-state index contributed by atoms with van der Waals surface area (Å²) >= 11 is 3.52. The molecule has 6 heteroatoms. The van der Waals surface area contributed by atoms with Crippen molar-refractivity contribution in [3.8, 4) is 0 Å². The molecular weight excluding hydrogens is 352 g/mol. The van der Waals surface area contributed by atoms with Gasteiger partial charge < -0.3 is 0 Å². The summed E-state index contributed by atoms with van der Waals surface area (Å²) in [4.78, 5) is 0.308. The fraction of sp³-hybridized carbons (Fsp3) is 0.200. The molecule has 0 aliphatic rings. The summed E-state index contributed by atoms with van der Waals surface area (Å²) in [5.74, 6) is 5.64. The van der Waals surface area contributed by atoms with Gasteiger partial charge in [-0.05, 0) is 35.7 Å². The lowest BCUT2D eigenvalue weighted by Crippen LogP contribution is -2.29. The fourth-order valence-corrected chi connectivity index (χ4v) is 3.18. The van der Waals surface area contributed by atoms with Crippen molar-refractivity contribution in [3.63, 3.8) is 0 Å². The summed E-state index contributed by atoms with van der Waals surface area (Å²) in [6.45, 7) is 0. The predicted molar refractivity (Wildman–Crippen MR) is 87.5 cm³/mol. The Labute approximate surface area is 133 Å². The van der Waals surface area contributed by atoms with E-state index in [-0.39, 0.29) is 6.04 Å². The van der Waals surface area contributed by atoms with E-state index in [9.17, 15) is 8.42 Å². The van der Waals surface area contributed by atoms with Crippen molar-refractivity contribution >= 4 is 25.8 Å². The molecular formula is C15H17BrN2O2S. The number of hydrogen-bond acceptors (Lipinski definition) is 4. The lowest BCUT2D eigenvalue weighted by molar-refractivity contribution is 0.550. The molecule has 0 saturated carbocycles. The highest BCUT2D eigenvalue weighted by atomic mass is 79.9. The second-order valence-electron chi connectivity index (χ2n) is 4.86. The lowest BCUT2D eigenvalue weighted by Gasteiger charge is -2.17. The maximum atomic E-state index is 11.5. The number of benzene rings is 2. The largest absolute Gasteiger partial charge is 0.271 e. The fourth-order valence-electron chi connectivity index (χ4n) is 2.10. The van der Waals surface area contributed by atoms with Crippen molar-refractivity contribution in [1.82, 2.24) is 5.43 Å². The van der Waals surface area contributed by atoms with Gasteiger partial charge in [0.05, 0.1) is 10.9 Å². The van der Waals surface area contributed by atoms with Crippen LogP contribution in [0.5, 0.6) is 0 Å². The van der Waals surface area contributed by atoms with E-state index in [0.717, 1.165) is 15.6 Å². The number of hydrogen-bond donors (Lipinski definition) is 2. The molecule has 0 fully saturated rings. The average molecular weight is 369 g/mol. The Hall–Kier alpha value is -1.21. The van der Waals surface area contributed by atoms with Crippen LogP contribution in [0.2, 0.25) is 0 Å². The van der Waals surface area contributed by atoms with E-state index in [2.05, 4.69) is 21.4 Å². The van der Waals surface area contributed by atoms with E-state index in [1.807, 2.05) is 24.3 Å². The van der Waals surface area contributed by atoms with Gasteiger partial charge >= 0.3 is 0 Å². The summed E-state index contributed by atoms with van der Waals surface area (Å²) in [6, 6.07) is 14.6. The zero-order chi connectivity index (χ0) is 15.5. The Bertz CT molecular complexity index is 715. The minimum Gasteiger partial charge on any atom is -0.271 e. The average Bonchev–Trinajstić information content (AvgIpc) is 2.46. The van der Waals surface area contributed by atoms with Crippen molar-refractivity contribution in [2.75, 3.05) is 6.26 Å². The van der Waals surface area contributed by atoms with Gasteiger partial charge in [0.15, 0.2) is 9.84 Å². The summed E-state index contributed by atoms with van der Waals surface area (Å²) < 4.78 is 24.0. The minimum absolute atomic E-state index is 0.0858. The van der Waals surface area contributed by atoms with E-state index in [1.165, 1.54) is 6.26 Å². The first kappa shape index (κ1) is 16.2. The Morgan fingerprint density at radius 1 is 1.14 bits per heavy atom. The zero-order valence-electron chi connectivity index (χ0n) is 11.6. The van der Waals surface area contributed by atoms with E-state index >= 15 is 0 Å². The van der Waals surface area contributed by atoms with Gasteiger partial charge in [-0.15, -0.1) is 0 Å². The van der Waals surface area contributed by atoms with Gasteiger partial charge in [-0.3, -0.25) is 11.3 Å². The molecule has 0 spiro atoms. The van der Waals surface area contributed by atoms with Gasteiger partial charge in [-0.1, -0.05) is 46.3 Å². The molecule has 2 rings (SSSR count). The Morgan fingerprint density at radius 2 is 1.76 bits per heavy atom. The summed E-state index contributed by atoms with van der Waals surface area (Å²) in [7, 11) is -3.18. The van der Waals surface area contributed by atoms with Crippen molar-refractivity contribution in [3.05, 3.63) is 64.1 Å². The van der Waals surface area contributed by atoms with E-state index in [4.69, 9.17) is 5.84 Å². The van der Waals surface area contributed by atoms with Gasteiger partial charge in [0, 0.05) is 10.7 Å². The predicted octanol–water partition coefficient (Wildman–Crippen LogP) is 2.60. The first-order valence-corrected chi connectivity index (χ1v) is 9.10. The van der Waals surface area contributed by atoms with Crippen LogP contribution in [0.15, 0.2) is 57.9 Å². The van der Waals surface area contributed by atoms with E-state index in [0.29, 0.717) is 11.3 Å². The molecule has 21 heavy (non-hydrogen) atoms. The number of nitrogens with two attached hydrogens (primary N) is 1. The monoisotopic (exact) mass is 368 g/mol. The molecule has 1 atom stereocenters. The first-order chi connectivity index (χ1) is 9.91. The standard InChI is InChI=1S/C15H17BrN2O2S/c1-21(19,20)13-8-6-11(7-9-13)15(18-17)10-12-4-2-3-5-14(12)16/h2-9,15,18H,10,17H2,1H3. The van der Waals surface area contributed by atoms with Gasteiger partial charge in [0.25, 0.3) is 0 Å². The van der Waals surface area contributed by atoms with Crippen molar-refractivity contribution in [1.29, 1.82) is 0 Å². The second kappa shape index (κ2) is 6.70. The second-order valence-corrected chi connectivity index (χ2v) is 7.73. The molecule has 112 valence electrons. The molecule has 0 bridgehead atoms. The Morgan fingerprint density at radius 3 is 2.29 bits per heavy atom. The highest BCUT2D eigenvalue weighted by molar-refractivity contribution is 9.10. The molecule has 0 aliphatic carbocycles. The van der Waals surface area contributed by atoms with Crippen LogP contribution in [-0.2, 0) is 16.3 Å². The summed E-state index contributed by atoms with van der Waals surface area (Å²) in [5.41, 5.74) is 4.86. The molecule has 2 aromatic rings. The lowest BCUT2D eigenvalue weighted by atomic mass is 9.99. The third kappa shape index (κ3) is 4.14. The Balaban J connectivity index is 2.24. The SMILES string of the molecule is CS(=O)(=O)c1ccc(C(Cc2ccccc2Br)NN)cc1. The third-order valence-electron chi connectivity index (χ3n) is 3.29. The summed E-state index contributed by atoms with van der Waals surface area (Å²) in [5, 5.41) is 0. The summed E-state index contributed by atoms with van der Waals surface area (Å²) in [6.07, 6.45) is 1.90. The van der Waals surface area contributed by atoms with Crippen LogP contribution in [0.1, 0.15) is 17.2 Å². The molecule has 3 N–H and O–H groups in total. The number of nitrogens with one attached hydrogen (secondary N) is 1. The van der Waals surface area contributed by atoms with Crippen LogP contribution in [0, 0.1) is 0 Å². The van der Waals surface area contributed by atoms with Crippen LogP contribution < -0.4 is 11.3 Å². The van der Waals surface area contributed by atoms with Crippen LogP contribution in [-0.4, -0.2) is 14.7 Å². The number of halogens is 1. The van der Waals surface area contributed by atoms with Gasteiger partial charge in [-0.2, -0.15) is 0 Å². The van der Waals surface area contributed by atoms with Crippen molar-refractivity contribution in [2.45, 2.75) is 17.4 Å². The van der Waals surface area contributed by atoms with Crippen LogP contribution >= 0.6 is 15.9 Å². The molecule has 0 saturated heterocycles. The highest BCUT2D eigenvalue weighted by Crippen LogP contribution is 2.24. The third-order valence-corrected chi connectivity index (χ3v) is 5.20.